The minimum Gasteiger partial charge on any atom is -0.240 e. The molecule has 1 fully saturated rings. The van der Waals surface area contributed by atoms with Gasteiger partial charge >= 0.3 is 0 Å². The monoisotopic (exact) mass is 207 g/mol. The zero-order chi connectivity index (χ0) is 8.84. The highest BCUT2D eigenvalue weighted by atomic mass is 32.1. The van der Waals surface area contributed by atoms with Crippen LogP contribution in [-0.2, 0) is 0 Å². The molecule has 2 aromatic rings. The first-order valence-electron chi connectivity index (χ1n) is 4.43. The molecule has 1 heterocycles. The van der Waals surface area contributed by atoms with Crippen molar-refractivity contribution in [2.75, 3.05) is 0 Å². The summed E-state index contributed by atoms with van der Waals surface area (Å²) in [7, 11) is 0. The fraction of sp³-hybridized carbons (Fsp3) is 0.300. The molecule has 0 atom stereocenters. The maximum absolute atomic E-state index is 4.62. The lowest BCUT2D eigenvalue weighted by Crippen LogP contribution is -1.75. The fourth-order valence-electron chi connectivity index (χ4n) is 1.46. The maximum Gasteiger partial charge on any atom is 0.0970 e. The highest BCUT2D eigenvalue weighted by Crippen LogP contribution is 2.43. The summed E-state index contributed by atoms with van der Waals surface area (Å²) in [4.78, 5) is 5.62. The smallest absolute Gasteiger partial charge is 0.0970 e. The second-order valence-electron chi connectivity index (χ2n) is 3.45. The van der Waals surface area contributed by atoms with Gasteiger partial charge in [-0.25, -0.2) is 4.98 Å². The number of hydrogen-bond donors (Lipinski definition) is 1. The quantitative estimate of drug-likeness (QED) is 0.707. The Balaban J connectivity index is 2.26. The van der Waals surface area contributed by atoms with E-state index in [2.05, 4.69) is 23.7 Å². The van der Waals surface area contributed by atoms with Gasteiger partial charge in [0.15, 0.2) is 0 Å². The first-order valence-corrected chi connectivity index (χ1v) is 5.69. The molecule has 0 radical (unpaired) electrons. The molecule has 13 heavy (non-hydrogen) atoms. The zero-order valence-corrected chi connectivity index (χ0v) is 8.74. The Kier molecular flexibility index (Phi) is 1.64. The van der Waals surface area contributed by atoms with Gasteiger partial charge in [0.25, 0.3) is 0 Å². The highest BCUT2D eigenvalue weighted by molar-refractivity contribution is 7.80. The number of rotatable bonds is 1. The Morgan fingerprint density at radius 1 is 1.38 bits per heavy atom. The van der Waals surface area contributed by atoms with E-state index in [4.69, 9.17) is 0 Å². The molecule has 1 nitrogen and oxygen atoms in total. The molecule has 0 amide bonds. The van der Waals surface area contributed by atoms with Crippen LogP contribution in [0.25, 0.3) is 10.2 Å². The molecular formula is C10H9NS2. The third kappa shape index (κ3) is 1.27. The van der Waals surface area contributed by atoms with Crippen LogP contribution < -0.4 is 0 Å². The van der Waals surface area contributed by atoms with Gasteiger partial charge in [-0.15, -0.1) is 24.0 Å². The van der Waals surface area contributed by atoms with Crippen molar-refractivity contribution >= 4 is 34.2 Å². The van der Waals surface area contributed by atoms with Crippen molar-refractivity contribution in [2.24, 2.45) is 0 Å². The molecule has 3 heteroatoms. The molecule has 1 aliphatic carbocycles. The molecule has 0 aliphatic heterocycles. The van der Waals surface area contributed by atoms with Gasteiger partial charge in [0, 0.05) is 10.8 Å². The van der Waals surface area contributed by atoms with Crippen molar-refractivity contribution in [3.05, 3.63) is 23.2 Å². The second kappa shape index (κ2) is 2.72. The predicted octanol–water partition coefficient (Wildman–Crippen LogP) is 3.46. The summed E-state index contributed by atoms with van der Waals surface area (Å²) in [6, 6.07) is 6.17. The number of thiazole rings is 1. The number of para-hydroxylation sites is 1. The lowest BCUT2D eigenvalue weighted by Gasteiger charge is -1.89. The Morgan fingerprint density at radius 3 is 2.92 bits per heavy atom. The molecule has 66 valence electrons. The summed E-state index contributed by atoms with van der Waals surface area (Å²) in [5, 5.41) is 1.30. The van der Waals surface area contributed by atoms with Gasteiger partial charge in [0.1, 0.15) is 0 Å². The third-order valence-corrected chi connectivity index (χ3v) is 3.88. The van der Waals surface area contributed by atoms with Crippen molar-refractivity contribution in [3.8, 4) is 0 Å². The van der Waals surface area contributed by atoms with Crippen LogP contribution in [0, 0.1) is 0 Å². The van der Waals surface area contributed by atoms with Crippen LogP contribution in [-0.4, -0.2) is 4.98 Å². The summed E-state index contributed by atoms with van der Waals surface area (Å²) in [6.45, 7) is 0. The Hall–Kier alpha value is -0.540. The molecular weight excluding hydrogens is 198 g/mol. The van der Waals surface area contributed by atoms with Crippen LogP contribution in [0.5, 0.6) is 0 Å². The number of fused-ring (bicyclic) bond motifs is 1. The minimum atomic E-state index is 0.755. The van der Waals surface area contributed by atoms with Gasteiger partial charge < -0.3 is 0 Å². The summed E-state index contributed by atoms with van der Waals surface area (Å²) >= 11 is 6.22. The third-order valence-electron chi connectivity index (χ3n) is 2.34. The lowest BCUT2D eigenvalue weighted by molar-refractivity contribution is 1.09. The summed E-state index contributed by atoms with van der Waals surface area (Å²) in [5.41, 5.74) is 1.08. The lowest BCUT2D eigenvalue weighted by atomic mass is 10.3. The van der Waals surface area contributed by atoms with Crippen LogP contribution in [0.15, 0.2) is 23.1 Å². The molecule has 0 spiro atoms. The van der Waals surface area contributed by atoms with Crippen molar-refractivity contribution in [1.29, 1.82) is 0 Å². The molecule has 0 bridgehead atoms. The first-order chi connectivity index (χ1) is 6.34. The van der Waals surface area contributed by atoms with Crippen LogP contribution in [0.1, 0.15) is 23.8 Å². The van der Waals surface area contributed by atoms with E-state index in [1.807, 2.05) is 23.5 Å². The second-order valence-corrected chi connectivity index (χ2v) is 4.99. The molecule has 1 aliphatic rings. The van der Waals surface area contributed by atoms with Crippen molar-refractivity contribution in [1.82, 2.24) is 4.98 Å². The van der Waals surface area contributed by atoms with E-state index in [9.17, 15) is 0 Å². The molecule has 1 aromatic heterocycles. The van der Waals surface area contributed by atoms with Gasteiger partial charge in [-0.05, 0) is 25.0 Å². The van der Waals surface area contributed by atoms with Gasteiger partial charge in [-0.2, -0.15) is 0 Å². The number of nitrogens with zero attached hydrogens (tertiary/aromatic N) is 1. The molecule has 1 saturated carbocycles. The van der Waals surface area contributed by atoms with E-state index in [1.54, 1.807) is 0 Å². The number of thiol groups is 1. The summed E-state index contributed by atoms with van der Waals surface area (Å²) in [6.07, 6.45) is 2.64. The van der Waals surface area contributed by atoms with Gasteiger partial charge in [-0.1, -0.05) is 6.07 Å². The molecule has 1 aromatic carbocycles. The van der Waals surface area contributed by atoms with Crippen LogP contribution >= 0.6 is 24.0 Å². The van der Waals surface area contributed by atoms with E-state index in [0.29, 0.717) is 0 Å². The average molecular weight is 207 g/mol. The number of aromatic nitrogens is 1. The normalized spacial score (nSPS) is 16.7. The molecule has 3 rings (SSSR count). The van der Waals surface area contributed by atoms with E-state index in [1.165, 1.54) is 22.5 Å². The fourth-order valence-corrected chi connectivity index (χ4v) is 2.95. The molecule has 0 unspecified atom stereocenters. The van der Waals surface area contributed by atoms with Gasteiger partial charge in [0.05, 0.1) is 15.2 Å². The van der Waals surface area contributed by atoms with E-state index in [0.717, 1.165) is 16.3 Å². The highest BCUT2D eigenvalue weighted by Gasteiger charge is 2.27. The van der Waals surface area contributed by atoms with Crippen molar-refractivity contribution < 1.29 is 0 Å². The van der Waals surface area contributed by atoms with Crippen LogP contribution in [0.3, 0.4) is 0 Å². The van der Waals surface area contributed by atoms with E-state index >= 15 is 0 Å². The van der Waals surface area contributed by atoms with E-state index in [-0.39, 0.29) is 0 Å². The molecule has 0 N–H and O–H groups in total. The van der Waals surface area contributed by atoms with E-state index < -0.39 is 0 Å². The number of hydrogen-bond acceptors (Lipinski definition) is 3. The maximum atomic E-state index is 4.62. The standard InChI is InChI=1S/C10H9NS2/c12-7-2-1-3-8-9(7)11-10(13-8)6-4-5-6/h1-3,6,12H,4-5H2. The van der Waals surface area contributed by atoms with Crippen molar-refractivity contribution in [2.45, 2.75) is 23.7 Å². The average Bonchev–Trinajstić information content (AvgIpc) is 2.87. The largest absolute Gasteiger partial charge is 0.240 e. The van der Waals surface area contributed by atoms with Crippen molar-refractivity contribution in [3.63, 3.8) is 0 Å². The molecule has 0 saturated heterocycles. The van der Waals surface area contributed by atoms with Gasteiger partial charge in [-0.3, -0.25) is 0 Å². The summed E-state index contributed by atoms with van der Waals surface area (Å²) < 4.78 is 1.27. The summed E-state index contributed by atoms with van der Waals surface area (Å²) in [5.74, 6) is 0.755. The minimum absolute atomic E-state index is 0.755. The van der Waals surface area contributed by atoms with Crippen LogP contribution in [0.2, 0.25) is 0 Å². The Morgan fingerprint density at radius 2 is 2.23 bits per heavy atom. The van der Waals surface area contributed by atoms with Crippen LogP contribution in [0.4, 0.5) is 0 Å². The zero-order valence-electron chi connectivity index (χ0n) is 7.03. The topological polar surface area (TPSA) is 12.9 Å². The van der Waals surface area contributed by atoms with Gasteiger partial charge in [0.2, 0.25) is 0 Å². The Labute approximate surface area is 86.2 Å². The SMILES string of the molecule is Sc1cccc2sc(C3CC3)nc12. The first kappa shape index (κ1) is 7.83. The predicted molar refractivity (Wildman–Crippen MR) is 58.8 cm³/mol. The Bertz CT molecular complexity index is 457. The number of benzene rings is 1.